The Morgan fingerprint density at radius 2 is 0.852 bits per heavy atom. The molecule has 0 aromatic heterocycles. The van der Waals surface area contributed by atoms with Crippen molar-refractivity contribution in [2.24, 2.45) is 0 Å². The number of nitrogens with zero attached hydrogens (tertiary/aromatic N) is 2. The Morgan fingerprint density at radius 3 is 1.44 bits per heavy atom. The molecule has 2 aliphatic carbocycles. The average molecular weight is 785 g/mol. The number of ether oxygens (including phenoxy) is 1. The molecule has 12 rings (SSSR count). The van der Waals surface area contributed by atoms with Crippen LogP contribution in [0.1, 0.15) is 49.9 Å². The first-order valence-electron chi connectivity index (χ1n) is 21.4. The molecular formula is C58H44N2O. The van der Waals surface area contributed by atoms with Crippen molar-refractivity contribution in [3.8, 4) is 44.9 Å². The van der Waals surface area contributed by atoms with E-state index in [9.17, 15) is 0 Å². The zero-order chi connectivity index (χ0) is 41.0. The number of rotatable bonds is 6. The Morgan fingerprint density at radius 1 is 0.361 bits per heavy atom. The van der Waals surface area contributed by atoms with Crippen molar-refractivity contribution in [1.82, 2.24) is 0 Å². The minimum Gasteiger partial charge on any atom is -0.454 e. The Bertz CT molecular complexity index is 3240. The van der Waals surface area contributed by atoms with Crippen LogP contribution in [-0.4, -0.2) is 0 Å². The van der Waals surface area contributed by atoms with Gasteiger partial charge in [-0.15, -0.1) is 0 Å². The average Bonchev–Trinajstić information content (AvgIpc) is 3.67. The van der Waals surface area contributed by atoms with E-state index >= 15 is 0 Å². The van der Waals surface area contributed by atoms with Crippen LogP contribution in [0.5, 0.6) is 11.5 Å². The second kappa shape index (κ2) is 13.1. The molecule has 0 unspecified atom stereocenters. The first-order chi connectivity index (χ1) is 29.8. The molecule has 3 aliphatic rings. The maximum absolute atomic E-state index is 7.33. The lowest BCUT2D eigenvalue weighted by Gasteiger charge is -2.34. The molecular weight excluding hydrogens is 741 g/mol. The van der Waals surface area contributed by atoms with E-state index in [1.807, 2.05) is 0 Å². The van der Waals surface area contributed by atoms with E-state index in [2.05, 4.69) is 232 Å². The molecule has 3 heteroatoms. The lowest BCUT2D eigenvalue weighted by Crippen LogP contribution is -2.17. The fraction of sp³-hybridized carbons (Fsp3) is 0.103. The quantitative estimate of drug-likeness (QED) is 0.167. The summed E-state index contributed by atoms with van der Waals surface area (Å²) in [5.74, 6) is 1.69. The highest BCUT2D eigenvalue weighted by Crippen LogP contribution is 2.58. The van der Waals surface area contributed by atoms with Gasteiger partial charge >= 0.3 is 0 Å². The number of hydrogen-bond donors (Lipinski definition) is 0. The van der Waals surface area contributed by atoms with Gasteiger partial charge < -0.3 is 14.5 Å². The van der Waals surface area contributed by atoms with Crippen LogP contribution in [0.25, 0.3) is 44.2 Å². The summed E-state index contributed by atoms with van der Waals surface area (Å²) < 4.78 is 7.33. The molecule has 1 heterocycles. The molecule has 0 atom stereocenters. The lowest BCUT2D eigenvalue weighted by molar-refractivity contribution is 0.488. The normalized spacial score (nSPS) is 14.3. The molecule has 9 aromatic rings. The molecule has 0 radical (unpaired) electrons. The van der Waals surface area contributed by atoms with Gasteiger partial charge in [-0.05, 0) is 122 Å². The summed E-state index contributed by atoms with van der Waals surface area (Å²) >= 11 is 0. The predicted molar refractivity (Wildman–Crippen MR) is 254 cm³/mol. The van der Waals surface area contributed by atoms with Gasteiger partial charge in [-0.2, -0.15) is 0 Å². The Labute approximate surface area is 357 Å². The summed E-state index contributed by atoms with van der Waals surface area (Å²) in [4.78, 5) is 4.79. The summed E-state index contributed by atoms with van der Waals surface area (Å²) in [5.41, 5.74) is 19.1. The molecule has 3 nitrogen and oxygen atoms in total. The molecule has 0 amide bonds. The van der Waals surface area contributed by atoms with Gasteiger partial charge in [0.05, 0.1) is 11.4 Å². The molecule has 61 heavy (non-hydrogen) atoms. The largest absolute Gasteiger partial charge is 0.454 e. The van der Waals surface area contributed by atoms with Crippen molar-refractivity contribution >= 4 is 44.9 Å². The van der Waals surface area contributed by atoms with E-state index in [1.165, 1.54) is 44.5 Å². The zero-order valence-electron chi connectivity index (χ0n) is 34.8. The molecule has 292 valence electrons. The monoisotopic (exact) mass is 784 g/mol. The first-order valence-corrected chi connectivity index (χ1v) is 21.4. The zero-order valence-corrected chi connectivity index (χ0v) is 34.8. The third-order valence-corrected chi connectivity index (χ3v) is 13.6. The molecule has 9 aromatic carbocycles. The van der Waals surface area contributed by atoms with Crippen LogP contribution in [0, 0.1) is 0 Å². The summed E-state index contributed by atoms with van der Waals surface area (Å²) in [6.45, 7) is 9.39. The van der Waals surface area contributed by atoms with Gasteiger partial charge in [0, 0.05) is 44.5 Å². The second-order valence-corrected chi connectivity index (χ2v) is 17.7. The van der Waals surface area contributed by atoms with Crippen molar-refractivity contribution < 1.29 is 4.74 Å². The molecule has 0 spiro atoms. The minimum absolute atomic E-state index is 0.131. The van der Waals surface area contributed by atoms with Crippen LogP contribution < -0.4 is 14.5 Å². The van der Waals surface area contributed by atoms with E-state index in [1.54, 1.807) is 0 Å². The summed E-state index contributed by atoms with van der Waals surface area (Å²) in [6.07, 6.45) is 0. The summed E-state index contributed by atoms with van der Waals surface area (Å²) in [6, 6.07) is 70.8. The Kier molecular flexibility index (Phi) is 7.62. The molecule has 0 bridgehead atoms. The van der Waals surface area contributed by atoms with Gasteiger partial charge in [0.2, 0.25) is 0 Å². The van der Waals surface area contributed by atoms with Crippen molar-refractivity contribution in [3.63, 3.8) is 0 Å². The maximum Gasteiger partial charge on any atom is 0.159 e. The van der Waals surface area contributed by atoms with Gasteiger partial charge in [0.25, 0.3) is 0 Å². The number of benzene rings is 9. The molecule has 0 saturated heterocycles. The van der Waals surface area contributed by atoms with Crippen LogP contribution in [0.3, 0.4) is 0 Å². The van der Waals surface area contributed by atoms with Crippen LogP contribution >= 0.6 is 0 Å². The van der Waals surface area contributed by atoms with Gasteiger partial charge in [-0.3, -0.25) is 0 Å². The highest BCUT2D eigenvalue weighted by Gasteiger charge is 2.38. The van der Waals surface area contributed by atoms with Gasteiger partial charge in [0.1, 0.15) is 5.75 Å². The van der Waals surface area contributed by atoms with Crippen LogP contribution in [0.2, 0.25) is 0 Å². The third kappa shape index (κ3) is 5.17. The smallest absolute Gasteiger partial charge is 0.159 e. The van der Waals surface area contributed by atoms with Crippen molar-refractivity contribution in [2.75, 3.05) is 9.80 Å². The topological polar surface area (TPSA) is 15.7 Å². The van der Waals surface area contributed by atoms with Crippen molar-refractivity contribution in [2.45, 2.75) is 38.5 Å². The van der Waals surface area contributed by atoms with E-state index < -0.39 is 0 Å². The summed E-state index contributed by atoms with van der Waals surface area (Å²) in [5, 5.41) is 2.24. The predicted octanol–water partition coefficient (Wildman–Crippen LogP) is 16.2. The SMILES string of the molecule is CC1(C)c2ccccc2-c2ccc(N(c3ccccc3)c3cccc4c3-c3cccc5ccc(N(c6ccccc6)c6ccc7c(c6)C(C)(C)c6ccccc6-7)c(c35)O4)cc21. The Hall–Kier alpha value is -7.36. The van der Waals surface area contributed by atoms with Crippen LogP contribution in [0.4, 0.5) is 34.1 Å². The van der Waals surface area contributed by atoms with Gasteiger partial charge in [-0.25, -0.2) is 0 Å². The number of fused-ring (bicyclic) bond motifs is 8. The molecule has 1 aliphatic heterocycles. The van der Waals surface area contributed by atoms with E-state index in [0.29, 0.717) is 0 Å². The van der Waals surface area contributed by atoms with Crippen molar-refractivity contribution in [1.29, 1.82) is 0 Å². The second-order valence-electron chi connectivity index (χ2n) is 17.7. The highest BCUT2D eigenvalue weighted by atomic mass is 16.5. The summed E-state index contributed by atoms with van der Waals surface area (Å²) in [7, 11) is 0. The number of anilines is 6. The first kappa shape index (κ1) is 35.6. The number of hydrogen-bond acceptors (Lipinski definition) is 3. The van der Waals surface area contributed by atoms with Crippen LogP contribution in [0.15, 0.2) is 194 Å². The Balaban J connectivity index is 1.05. The highest BCUT2D eigenvalue weighted by molar-refractivity contribution is 6.11. The van der Waals surface area contributed by atoms with Gasteiger partial charge in [-0.1, -0.05) is 155 Å². The lowest BCUT2D eigenvalue weighted by atomic mass is 9.82. The fourth-order valence-electron chi connectivity index (χ4n) is 10.7. The van der Waals surface area contributed by atoms with E-state index in [4.69, 9.17) is 4.74 Å². The standard InChI is InChI=1S/C58H44N2O/c1-57(2)47-25-13-11-22-42(47)44-32-30-40(35-49(44)57)59(38-18-7-5-8-19-38)51-27-16-28-53-55(51)46-24-15-17-37-29-34-52(56(61-53)54(37)46)60(39-20-9-6-10-21-39)41-31-33-45-43-23-12-14-26-48(43)58(3,4)50(45)36-41/h5-36H,1-4H3. The van der Waals surface area contributed by atoms with Crippen molar-refractivity contribution in [3.05, 3.63) is 216 Å². The third-order valence-electron chi connectivity index (χ3n) is 13.6. The van der Waals surface area contributed by atoms with E-state index in [-0.39, 0.29) is 10.8 Å². The molecule has 0 saturated carbocycles. The molecule has 0 fully saturated rings. The van der Waals surface area contributed by atoms with Crippen LogP contribution in [-0.2, 0) is 10.8 Å². The fourth-order valence-corrected chi connectivity index (χ4v) is 10.7. The maximum atomic E-state index is 7.33. The van der Waals surface area contributed by atoms with Gasteiger partial charge in [0.15, 0.2) is 5.75 Å². The molecule has 0 N–H and O–H groups in total. The minimum atomic E-state index is -0.135. The number of para-hydroxylation sites is 2. The van der Waals surface area contributed by atoms with E-state index in [0.717, 1.165) is 67.5 Å².